The van der Waals surface area contributed by atoms with Crippen LogP contribution >= 0.6 is 0 Å². The molecule has 1 aliphatic heterocycles. The van der Waals surface area contributed by atoms with E-state index in [0.29, 0.717) is 11.6 Å². The van der Waals surface area contributed by atoms with Crippen molar-refractivity contribution in [3.8, 4) is 22.8 Å². The molecule has 4 aromatic rings. The van der Waals surface area contributed by atoms with Gasteiger partial charge in [-0.25, -0.2) is 4.68 Å². The Morgan fingerprint density at radius 2 is 1.69 bits per heavy atom. The van der Waals surface area contributed by atoms with Crippen molar-refractivity contribution < 1.29 is 9.53 Å². The normalized spacial score (nSPS) is 17.3. The Hall–Kier alpha value is -3.87. The van der Waals surface area contributed by atoms with Crippen LogP contribution in [0.5, 0.6) is 5.88 Å². The summed E-state index contributed by atoms with van der Waals surface area (Å²) in [4.78, 5) is 16.0. The smallest absolute Gasteiger partial charge is 0.275 e. The minimum Gasteiger partial charge on any atom is -0.481 e. The van der Waals surface area contributed by atoms with Gasteiger partial charge in [-0.2, -0.15) is 10.2 Å². The van der Waals surface area contributed by atoms with E-state index in [2.05, 4.69) is 43.2 Å². The van der Waals surface area contributed by atoms with Gasteiger partial charge in [0.15, 0.2) is 5.69 Å². The highest BCUT2D eigenvalue weighted by atomic mass is 16.5. The van der Waals surface area contributed by atoms with Gasteiger partial charge in [0.05, 0.1) is 30.2 Å². The predicted octanol–water partition coefficient (Wildman–Crippen LogP) is 5.21. The van der Waals surface area contributed by atoms with E-state index in [4.69, 9.17) is 9.84 Å². The molecule has 0 spiro atoms. The molecule has 0 fully saturated rings. The summed E-state index contributed by atoms with van der Waals surface area (Å²) in [5.41, 5.74) is 5.75. The number of aromatic nitrogens is 4. The molecule has 2 aromatic heterocycles. The number of fused-ring (bicyclic) bond motifs is 1. The molecule has 1 amide bonds. The zero-order valence-electron chi connectivity index (χ0n) is 20.7. The average Bonchev–Trinajstić information content (AvgIpc) is 3.48. The zero-order chi connectivity index (χ0) is 24.5. The quantitative estimate of drug-likeness (QED) is 0.389. The zero-order valence-corrected chi connectivity index (χ0v) is 20.7. The van der Waals surface area contributed by atoms with Gasteiger partial charge in [-0.1, -0.05) is 62.4 Å². The van der Waals surface area contributed by atoms with Gasteiger partial charge < -0.3 is 9.64 Å². The number of rotatable bonds is 6. The van der Waals surface area contributed by atoms with Crippen molar-refractivity contribution in [3.63, 3.8) is 0 Å². The van der Waals surface area contributed by atoms with E-state index in [0.717, 1.165) is 41.9 Å². The van der Waals surface area contributed by atoms with Crippen LogP contribution in [0.3, 0.4) is 0 Å². The summed E-state index contributed by atoms with van der Waals surface area (Å²) in [6, 6.07) is 21.8. The second kappa shape index (κ2) is 9.41. The molecule has 5 rings (SSSR count). The molecule has 2 unspecified atom stereocenters. The molecule has 2 atom stereocenters. The molecule has 7 nitrogen and oxygen atoms in total. The third-order valence-electron chi connectivity index (χ3n) is 6.91. The molecule has 0 radical (unpaired) electrons. The summed E-state index contributed by atoms with van der Waals surface area (Å²) in [7, 11) is 3.59. The molecule has 0 aliphatic carbocycles. The first-order valence-corrected chi connectivity index (χ1v) is 12.2. The van der Waals surface area contributed by atoms with E-state index in [1.807, 2.05) is 53.0 Å². The van der Waals surface area contributed by atoms with Crippen LogP contribution in [0.1, 0.15) is 54.5 Å². The van der Waals surface area contributed by atoms with E-state index >= 15 is 0 Å². The van der Waals surface area contributed by atoms with Gasteiger partial charge in [-0.05, 0) is 31.4 Å². The Labute approximate surface area is 205 Å². The minimum atomic E-state index is -0.118. The summed E-state index contributed by atoms with van der Waals surface area (Å²) in [6.07, 6.45) is 2.39. The molecule has 35 heavy (non-hydrogen) atoms. The van der Waals surface area contributed by atoms with E-state index in [9.17, 15) is 4.79 Å². The van der Waals surface area contributed by atoms with E-state index in [1.165, 1.54) is 5.56 Å². The molecule has 0 saturated carbocycles. The molecule has 0 bridgehead atoms. The predicted molar refractivity (Wildman–Crippen MR) is 136 cm³/mol. The topological polar surface area (TPSA) is 65.2 Å². The third kappa shape index (κ3) is 3.91. The Bertz CT molecular complexity index is 1330. The monoisotopic (exact) mass is 469 g/mol. The van der Waals surface area contributed by atoms with Crippen LogP contribution in [0.25, 0.3) is 16.9 Å². The number of carbonyl (C=O) groups excluding carboxylic acids is 1. The number of carbonyl (C=O) groups is 1. The Morgan fingerprint density at radius 1 is 1.00 bits per heavy atom. The molecule has 1 aliphatic rings. The van der Waals surface area contributed by atoms with Crippen LogP contribution in [-0.4, -0.2) is 43.5 Å². The van der Waals surface area contributed by atoms with Crippen molar-refractivity contribution >= 4 is 5.91 Å². The Kier molecular flexibility index (Phi) is 6.16. The number of methoxy groups -OCH3 is 1. The second-order valence-corrected chi connectivity index (χ2v) is 8.92. The highest BCUT2D eigenvalue weighted by Crippen LogP contribution is 2.41. The fourth-order valence-electron chi connectivity index (χ4n) is 5.27. The van der Waals surface area contributed by atoms with Crippen molar-refractivity contribution in [2.24, 2.45) is 7.05 Å². The third-order valence-corrected chi connectivity index (χ3v) is 6.91. The lowest BCUT2D eigenvalue weighted by Gasteiger charge is -2.40. The average molecular weight is 470 g/mol. The Balaban J connectivity index is 1.56. The maximum atomic E-state index is 14.0. The lowest BCUT2D eigenvalue weighted by atomic mass is 9.87. The molecule has 0 N–H and O–H groups in total. The minimum absolute atomic E-state index is 0.0551. The van der Waals surface area contributed by atoms with Crippen LogP contribution < -0.4 is 4.74 Å². The fourth-order valence-corrected chi connectivity index (χ4v) is 5.27. The first kappa shape index (κ1) is 22.9. The lowest BCUT2D eigenvalue weighted by Crippen LogP contribution is -2.47. The van der Waals surface area contributed by atoms with Crippen molar-refractivity contribution in [1.82, 2.24) is 24.5 Å². The summed E-state index contributed by atoms with van der Waals surface area (Å²) in [5.74, 6) is 0.441. The van der Waals surface area contributed by atoms with Gasteiger partial charge in [0.25, 0.3) is 5.91 Å². The largest absolute Gasteiger partial charge is 0.481 e. The number of ether oxygens (including phenoxy) is 1. The summed E-state index contributed by atoms with van der Waals surface area (Å²) >= 11 is 0. The molecular weight excluding hydrogens is 438 g/mol. The number of aryl methyl sites for hydroxylation is 1. The van der Waals surface area contributed by atoms with E-state index in [-0.39, 0.29) is 18.0 Å². The molecule has 3 heterocycles. The van der Waals surface area contributed by atoms with Gasteiger partial charge in [0.2, 0.25) is 5.88 Å². The summed E-state index contributed by atoms with van der Waals surface area (Å²) in [6.45, 7) is 4.26. The van der Waals surface area contributed by atoms with Crippen LogP contribution in [0.4, 0.5) is 0 Å². The molecule has 0 saturated heterocycles. The molecular formula is C28H31N5O2. The lowest BCUT2D eigenvalue weighted by molar-refractivity contribution is 0.0506. The van der Waals surface area contributed by atoms with Gasteiger partial charge >= 0.3 is 0 Å². The van der Waals surface area contributed by atoms with Gasteiger partial charge in [-0.3, -0.25) is 9.48 Å². The number of hydrogen-bond acceptors (Lipinski definition) is 4. The number of nitrogens with zero attached hydrogens (tertiary/aromatic N) is 5. The van der Waals surface area contributed by atoms with E-state index < -0.39 is 0 Å². The van der Waals surface area contributed by atoms with Crippen LogP contribution in [0, 0.1) is 0 Å². The number of para-hydroxylation sites is 1. The first-order valence-electron chi connectivity index (χ1n) is 12.2. The van der Waals surface area contributed by atoms with Gasteiger partial charge in [-0.15, -0.1) is 0 Å². The molecule has 2 aromatic carbocycles. The maximum Gasteiger partial charge on any atom is 0.275 e. The van der Waals surface area contributed by atoms with Crippen LogP contribution in [0.2, 0.25) is 0 Å². The first-order chi connectivity index (χ1) is 17.1. The summed E-state index contributed by atoms with van der Waals surface area (Å²) < 4.78 is 9.21. The van der Waals surface area contributed by atoms with Gasteiger partial charge in [0.1, 0.15) is 0 Å². The van der Waals surface area contributed by atoms with E-state index in [1.54, 1.807) is 17.9 Å². The van der Waals surface area contributed by atoms with Crippen LogP contribution in [-0.2, 0) is 13.5 Å². The number of benzene rings is 2. The van der Waals surface area contributed by atoms with Gasteiger partial charge in [0, 0.05) is 30.3 Å². The van der Waals surface area contributed by atoms with Crippen molar-refractivity contribution in [2.45, 2.75) is 45.2 Å². The number of hydrogen-bond donors (Lipinski definition) is 0. The molecule has 180 valence electrons. The standard InChI is InChI=1S/C28H31N5O2/c1-5-20-17-22-26(30-31(3)27(22)19-13-9-7-10-14-19)24(6-2)32(20)28(34)23-18-25(35-4)33(29-23)21-15-11-8-12-16-21/h7-16,18,20,24H,5-6,17H2,1-4H3. The highest BCUT2D eigenvalue weighted by molar-refractivity contribution is 5.93. The highest BCUT2D eigenvalue weighted by Gasteiger charge is 2.40. The van der Waals surface area contributed by atoms with Crippen molar-refractivity contribution in [3.05, 3.63) is 83.7 Å². The Morgan fingerprint density at radius 3 is 2.31 bits per heavy atom. The van der Waals surface area contributed by atoms with Crippen LogP contribution in [0.15, 0.2) is 66.7 Å². The second-order valence-electron chi connectivity index (χ2n) is 8.92. The maximum absolute atomic E-state index is 14.0. The molecule has 7 heteroatoms. The van der Waals surface area contributed by atoms with Crippen molar-refractivity contribution in [2.75, 3.05) is 7.11 Å². The SMILES string of the molecule is CCC1Cc2c(nn(C)c2-c2ccccc2)C(CC)N1C(=O)c1cc(OC)n(-c2ccccc2)n1. The number of amides is 1. The fraction of sp³-hybridized carbons (Fsp3) is 0.321. The summed E-state index contributed by atoms with van der Waals surface area (Å²) in [5, 5.41) is 9.60. The van der Waals surface area contributed by atoms with Crippen molar-refractivity contribution in [1.29, 1.82) is 0 Å².